The average Bonchev–Trinajstić information content (AvgIpc) is 3.27. The average molecular weight is 388 g/mol. The molecule has 1 heterocycles. The van der Waals surface area contributed by atoms with Crippen LogP contribution in [0.25, 0.3) is 0 Å². The molecule has 0 unspecified atom stereocenters. The zero-order valence-electron chi connectivity index (χ0n) is 15.1. The molecule has 3 aliphatic rings. The number of aliphatic carboxylic acids is 1. The van der Waals surface area contributed by atoms with E-state index in [4.69, 9.17) is 5.73 Å². The number of amides is 2. The van der Waals surface area contributed by atoms with Gasteiger partial charge in [0, 0.05) is 4.88 Å². The predicted molar refractivity (Wildman–Crippen MR) is 103 cm³/mol. The minimum Gasteiger partial charge on any atom is -0.481 e. The maximum atomic E-state index is 13.0. The fourth-order valence-electron chi connectivity index (χ4n) is 4.98. The SMILES string of the molecule is NC(=O)c1c(NC(=O)[C@@H]2[C@@H](C(=O)O)[C@H]3C=C[C@H]2C3)sc2c1CCCCCC2. The molecule has 0 aliphatic heterocycles. The van der Waals surface area contributed by atoms with E-state index in [9.17, 15) is 19.5 Å². The third-order valence-electron chi connectivity index (χ3n) is 6.20. The van der Waals surface area contributed by atoms with E-state index in [-0.39, 0.29) is 17.7 Å². The van der Waals surface area contributed by atoms with Gasteiger partial charge in [-0.1, -0.05) is 25.0 Å². The number of carboxylic acid groups (broad SMARTS) is 1. The van der Waals surface area contributed by atoms with Crippen LogP contribution >= 0.6 is 11.3 Å². The van der Waals surface area contributed by atoms with Gasteiger partial charge >= 0.3 is 5.97 Å². The molecule has 1 aromatic rings. The Bertz CT molecular complexity index is 828. The van der Waals surface area contributed by atoms with Crippen LogP contribution < -0.4 is 11.1 Å². The molecule has 3 aliphatic carbocycles. The number of allylic oxidation sites excluding steroid dienone is 2. The quantitative estimate of drug-likeness (QED) is 0.689. The molecule has 0 spiro atoms. The maximum absolute atomic E-state index is 13.0. The first kappa shape index (κ1) is 18.2. The molecular formula is C20H24N2O4S. The maximum Gasteiger partial charge on any atom is 0.307 e. The number of carbonyl (C=O) groups is 3. The van der Waals surface area contributed by atoms with Gasteiger partial charge in [-0.3, -0.25) is 14.4 Å². The van der Waals surface area contributed by atoms with Crippen LogP contribution in [0.5, 0.6) is 0 Å². The molecular weight excluding hydrogens is 364 g/mol. The summed E-state index contributed by atoms with van der Waals surface area (Å²) in [6.07, 6.45) is 10.6. The monoisotopic (exact) mass is 388 g/mol. The molecule has 0 radical (unpaired) electrons. The molecule has 0 aromatic carbocycles. The number of aryl methyl sites for hydroxylation is 1. The molecule has 4 atom stereocenters. The van der Waals surface area contributed by atoms with Crippen molar-refractivity contribution in [3.8, 4) is 0 Å². The van der Waals surface area contributed by atoms with E-state index in [2.05, 4.69) is 5.32 Å². The first-order valence-corrected chi connectivity index (χ1v) is 10.5. The number of hydrogen-bond donors (Lipinski definition) is 3. The van der Waals surface area contributed by atoms with Crippen molar-refractivity contribution in [3.63, 3.8) is 0 Å². The molecule has 144 valence electrons. The zero-order valence-corrected chi connectivity index (χ0v) is 15.9. The number of carbonyl (C=O) groups excluding carboxylic acids is 2. The minimum atomic E-state index is -0.930. The first-order valence-electron chi connectivity index (χ1n) is 9.63. The lowest BCUT2D eigenvalue weighted by atomic mass is 9.82. The van der Waals surface area contributed by atoms with Gasteiger partial charge in [-0.2, -0.15) is 0 Å². The molecule has 1 saturated carbocycles. The Kier molecular flexibility index (Phi) is 4.80. The summed E-state index contributed by atoms with van der Waals surface area (Å²) >= 11 is 1.43. The topological polar surface area (TPSA) is 109 Å². The van der Waals surface area contributed by atoms with Crippen LogP contribution in [0.1, 0.15) is 52.9 Å². The Morgan fingerprint density at radius 1 is 1.04 bits per heavy atom. The summed E-state index contributed by atoms with van der Waals surface area (Å²) in [4.78, 5) is 37.9. The van der Waals surface area contributed by atoms with Crippen LogP contribution in [-0.4, -0.2) is 22.9 Å². The van der Waals surface area contributed by atoms with Gasteiger partial charge < -0.3 is 16.2 Å². The molecule has 7 heteroatoms. The Labute approximate surface area is 161 Å². The highest BCUT2D eigenvalue weighted by Crippen LogP contribution is 2.49. The lowest BCUT2D eigenvalue weighted by molar-refractivity contribution is -0.146. The number of rotatable bonds is 4. The first-order chi connectivity index (χ1) is 13.0. The fourth-order valence-corrected chi connectivity index (χ4v) is 6.28. The summed E-state index contributed by atoms with van der Waals surface area (Å²) < 4.78 is 0. The van der Waals surface area contributed by atoms with Gasteiger partial charge in [-0.15, -0.1) is 11.3 Å². The van der Waals surface area contributed by atoms with Gasteiger partial charge in [0.25, 0.3) is 5.91 Å². The molecule has 27 heavy (non-hydrogen) atoms. The molecule has 0 saturated heterocycles. The van der Waals surface area contributed by atoms with Crippen molar-refractivity contribution < 1.29 is 19.5 Å². The van der Waals surface area contributed by atoms with Crippen LogP contribution in [0.15, 0.2) is 12.2 Å². The molecule has 4 rings (SSSR count). The lowest BCUT2D eigenvalue weighted by Gasteiger charge is -2.23. The van der Waals surface area contributed by atoms with Gasteiger partial charge in [0.15, 0.2) is 0 Å². The van der Waals surface area contributed by atoms with E-state index in [1.54, 1.807) is 0 Å². The standard InChI is InChI=1S/C20H24N2O4S/c21-17(23)16-12-5-3-1-2-4-6-13(12)27-19(16)22-18(24)14-10-7-8-11(9-10)15(14)20(25)26/h7-8,10-11,14-15H,1-6,9H2,(H2,21,23)(H,22,24)(H,25,26)/t10-,11-,14-,15-/m0/s1. The number of thiophene rings is 1. The third kappa shape index (κ3) is 3.18. The second-order valence-corrected chi connectivity index (χ2v) is 8.92. The minimum absolute atomic E-state index is 0.0471. The summed E-state index contributed by atoms with van der Waals surface area (Å²) in [7, 11) is 0. The van der Waals surface area contributed by atoms with Crippen LogP contribution in [-0.2, 0) is 22.4 Å². The fraction of sp³-hybridized carbons (Fsp3) is 0.550. The highest BCUT2D eigenvalue weighted by atomic mass is 32.1. The molecule has 2 bridgehead atoms. The van der Waals surface area contributed by atoms with Gasteiger partial charge in [0.2, 0.25) is 5.91 Å². The molecule has 2 amide bonds. The van der Waals surface area contributed by atoms with Crippen molar-refractivity contribution in [3.05, 3.63) is 28.2 Å². The Hall–Kier alpha value is -2.15. The van der Waals surface area contributed by atoms with E-state index in [1.807, 2.05) is 12.2 Å². The highest BCUT2D eigenvalue weighted by molar-refractivity contribution is 7.17. The number of anilines is 1. The summed E-state index contributed by atoms with van der Waals surface area (Å²) in [5.74, 6) is -3.18. The second kappa shape index (κ2) is 7.11. The molecule has 1 aromatic heterocycles. The number of nitrogens with one attached hydrogen (secondary N) is 1. The van der Waals surface area contributed by atoms with E-state index < -0.39 is 23.7 Å². The van der Waals surface area contributed by atoms with E-state index in [0.29, 0.717) is 17.0 Å². The van der Waals surface area contributed by atoms with E-state index >= 15 is 0 Å². The number of fused-ring (bicyclic) bond motifs is 3. The van der Waals surface area contributed by atoms with Gasteiger partial charge in [-0.25, -0.2) is 0 Å². The van der Waals surface area contributed by atoms with Crippen LogP contribution in [0.2, 0.25) is 0 Å². The normalized spacial score (nSPS) is 29.0. The molecule has 1 fully saturated rings. The Balaban J connectivity index is 1.63. The third-order valence-corrected chi connectivity index (χ3v) is 7.41. The van der Waals surface area contributed by atoms with Crippen molar-refractivity contribution in [1.82, 2.24) is 0 Å². The second-order valence-electron chi connectivity index (χ2n) is 7.81. The number of hydrogen-bond acceptors (Lipinski definition) is 4. The number of primary amides is 1. The van der Waals surface area contributed by atoms with Crippen molar-refractivity contribution in [1.29, 1.82) is 0 Å². The summed E-state index contributed by atoms with van der Waals surface area (Å²) in [6.45, 7) is 0. The Morgan fingerprint density at radius 3 is 2.37 bits per heavy atom. The van der Waals surface area contributed by atoms with Crippen LogP contribution in [0.3, 0.4) is 0 Å². The summed E-state index contributed by atoms with van der Waals surface area (Å²) in [5, 5.41) is 13.0. The number of nitrogens with two attached hydrogens (primary N) is 1. The van der Waals surface area contributed by atoms with Gasteiger partial charge in [0.1, 0.15) is 5.00 Å². The van der Waals surface area contributed by atoms with Crippen molar-refractivity contribution in [2.45, 2.75) is 44.9 Å². The van der Waals surface area contributed by atoms with Gasteiger partial charge in [-0.05, 0) is 49.5 Å². The number of carboxylic acids is 1. The molecule has 6 nitrogen and oxygen atoms in total. The van der Waals surface area contributed by atoms with Crippen LogP contribution in [0.4, 0.5) is 5.00 Å². The van der Waals surface area contributed by atoms with E-state index in [0.717, 1.165) is 42.5 Å². The zero-order chi connectivity index (χ0) is 19.1. The van der Waals surface area contributed by atoms with Crippen LogP contribution in [0, 0.1) is 23.7 Å². The van der Waals surface area contributed by atoms with E-state index in [1.165, 1.54) is 17.8 Å². The molecule has 4 N–H and O–H groups in total. The lowest BCUT2D eigenvalue weighted by Crippen LogP contribution is -2.36. The van der Waals surface area contributed by atoms with Gasteiger partial charge in [0.05, 0.1) is 17.4 Å². The smallest absolute Gasteiger partial charge is 0.307 e. The summed E-state index contributed by atoms with van der Waals surface area (Å²) in [6, 6.07) is 0. The van der Waals surface area contributed by atoms with Crippen molar-refractivity contribution >= 4 is 34.1 Å². The van der Waals surface area contributed by atoms with Crippen molar-refractivity contribution in [2.24, 2.45) is 29.4 Å². The largest absolute Gasteiger partial charge is 0.481 e. The van der Waals surface area contributed by atoms with Crippen molar-refractivity contribution in [2.75, 3.05) is 5.32 Å². The summed E-state index contributed by atoms with van der Waals surface area (Å²) in [5.41, 5.74) is 7.05. The Morgan fingerprint density at radius 2 is 1.70 bits per heavy atom. The highest BCUT2D eigenvalue weighted by Gasteiger charge is 2.51. The predicted octanol–water partition coefficient (Wildman–Crippen LogP) is 2.97.